The second kappa shape index (κ2) is 5.58. The number of rotatable bonds is 3. The molecule has 2 unspecified atom stereocenters. The maximum absolute atomic E-state index is 9.98. The Labute approximate surface area is 110 Å². The molecule has 0 aromatic rings. The van der Waals surface area contributed by atoms with E-state index in [1.54, 1.807) is 6.08 Å². The van der Waals surface area contributed by atoms with Crippen molar-refractivity contribution in [3.05, 3.63) is 12.7 Å². The molecular weight excluding hydrogens is 256 g/mol. The highest BCUT2D eigenvalue weighted by Crippen LogP contribution is 2.36. The Morgan fingerprint density at radius 2 is 2.22 bits per heavy atom. The first-order chi connectivity index (χ1) is 8.58. The van der Waals surface area contributed by atoms with Gasteiger partial charge in [0.25, 0.3) is 0 Å². The van der Waals surface area contributed by atoms with E-state index in [0.717, 1.165) is 5.17 Å². The minimum atomic E-state index is -1.11. The van der Waals surface area contributed by atoms with Crippen LogP contribution in [0.1, 0.15) is 0 Å². The van der Waals surface area contributed by atoms with Crippen LogP contribution in [0.4, 0.5) is 0 Å². The molecule has 3 N–H and O–H groups in total. The third-order valence-corrected chi connectivity index (χ3v) is 4.31. The average molecular weight is 274 g/mol. The number of aliphatic imine (C=N–C) groups is 1. The number of ether oxygens (including phenoxy) is 1. The maximum atomic E-state index is 9.98. The molecule has 6 nitrogen and oxygen atoms in total. The average Bonchev–Trinajstić information content (AvgIpc) is 2.78. The molecule has 0 radical (unpaired) electrons. The summed E-state index contributed by atoms with van der Waals surface area (Å²) in [5.41, 5.74) is -0.359. The van der Waals surface area contributed by atoms with Gasteiger partial charge in [0.05, 0.1) is 6.61 Å². The van der Waals surface area contributed by atoms with Gasteiger partial charge in [-0.05, 0) is 0 Å². The quantitative estimate of drug-likeness (QED) is 0.573. The molecule has 2 aliphatic heterocycles. The van der Waals surface area contributed by atoms with Crippen molar-refractivity contribution < 1.29 is 20.1 Å². The number of amidine groups is 1. The molecule has 2 rings (SSSR count). The van der Waals surface area contributed by atoms with Gasteiger partial charge in [0.1, 0.15) is 29.8 Å². The molecule has 5 atom stereocenters. The minimum absolute atomic E-state index is 0.320. The van der Waals surface area contributed by atoms with Crippen LogP contribution in [-0.2, 0) is 4.74 Å². The third kappa shape index (κ3) is 2.41. The van der Waals surface area contributed by atoms with Crippen molar-refractivity contribution in [2.24, 2.45) is 4.99 Å². The molecule has 0 aliphatic carbocycles. The number of likely N-dealkylation sites (N-methyl/N-ethyl adjacent to an activating group) is 1. The monoisotopic (exact) mass is 274 g/mol. The van der Waals surface area contributed by atoms with E-state index in [0.29, 0.717) is 6.54 Å². The summed E-state index contributed by atoms with van der Waals surface area (Å²) in [5.74, 6) is 0. The lowest BCUT2D eigenvalue weighted by atomic mass is 9.99. The lowest BCUT2D eigenvalue weighted by molar-refractivity contribution is -0.164. The summed E-state index contributed by atoms with van der Waals surface area (Å²) in [7, 11) is 1.87. The van der Waals surface area contributed by atoms with Crippen LogP contribution >= 0.6 is 11.8 Å². The van der Waals surface area contributed by atoms with Gasteiger partial charge in [0.15, 0.2) is 5.17 Å². The SMILES string of the molecule is C=CCN(C)C1=N[C@@H]2C(O)[C@H](O)C(CO)O[C@@H]2S1. The van der Waals surface area contributed by atoms with Crippen molar-refractivity contribution in [3.8, 4) is 0 Å². The van der Waals surface area contributed by atoms with Gasteiger partial charge in [-0.3, -0.25) is 4.99 Å². The highest BCUT2D eigenvalue weighted by atomic mass is 32.2. The fourth-order valence-corrected chi connectivity index (χ4v) is 3.23. The normalized spacial score (nSPS) is 39.1. The first-order valence-corrected chi connectivity index (χ1v) is 6.65. The number of aliphatic hydroxyl groups is 3. The molecule has 102 valence electrons. The Balaban J connectivity index is 2.10. The van der Waals surface area contributed by atoms with Gasteiger partial charge >= 0.3 is 0 Å². The Bertz CT molecular complexity index is 352. The zero-order chi connectivity index (χ0) is 13.3. The van der Waals surface area contributed by atoms with Crippen LogP contribution in [-0.4, -0.2) is 75.4 Å². The van der Waals surface area contributed by atoms with Gasteiger partial charge in [-0.1, -0.05) is 17.8 Å². The Morgan fingerprint density at radius 1 is 1.50 bits per heavy atom. The molecule has 0 aromatic carbocycles. The van der Waals surface area contributed by atoms with Crippen LogP contribution in [0.3, 0.4) is 0 Å². The van der Waals surface area contributed by atoms with Crippen molar-refractivity contribution in [2.75, 3.05) is 20.2 Å². The summed E-state index contributed by atoms with van der Waals surface area (Å²) < 4.78 is 5.54. The Hall–Kier alpha value is -0.600. The molecule has 1 saturated heterocycles. The van der Waals surface area contributed by atoms with Crippen LogP contribution in [0.5, 0.6) is 0 Å². The fraction of sp³-hybridized carbons (Fsp3) is 0.727. The number of nitrogens with zero attached hydrogens (tertiary/aromatic N) is 2. The van der Waals surface area contributed by atoms with E-state index in [2.05, 4.69) is 11.6 Å². The van der Waals surface area contributed by atoms with Crippen molar-refractivity contribution >= 4 is 16.9 Å². The van der Waals surface area contributed by atoms with Crippen molar-refractivity contribution in [1.29, 1.82) is 0 Å². The largest absolute Gasteiger partial charge is 0.394 e. The summed E-state index contributed by atoms with van der Waals surface area (Å²) in [6.07, 6.45) is -1.12. The minimum Gasteiger partial charge on any atom is -0.394 e. The first-order valence-electron chi connectivity index (χ1n) is 5.77. The van der Waals surface area contributed by atoms with E-state index >= 15 is 0 Å². The summed E-state index contributed by atoms with van der Waals surface area (Å²) in [4.78, 5) is 6.27. The zero-order valence-electron chi connectivity index (χ0n) is 10.1. The standard InChI is InChI=1S/C11H18N2O4S/c1-3-4-13(2)11-12-7-9(16)8(15)6(5-14)17-10(7)18-11/h3,6-10,14-16H,1,4-5H2,2H3/t6?,7-,8-,9?,10-/m1/s1. The first kappa shape index (κ1) is 13.8. The van der Waals surface area contributed by atoms with Gasteiger partial charge in [-0.25, -0.2) is 0 Å². The van der Waals surface area contributed by atoms with Crippen molar-refractivity contribution in [3.63, 3.8) is 0 Å². The molecule has 0 aromatic heterocycles. The highest BCUT2D eigenvalue weighted by Gasteiger charge is 2.48. The van der Waals surface area contributed by atoms with Gasteiger partial charge in [0, 0.05) is 13.6 Å². The van der Waals surface area contributed by atoms with Gasteiger partial charge < -0.3 is 25.0 Å². The Kier molecular flexibility index (Phi) is 4.29. The van der Waals surface area contributed by atoms with Crippen LogP contribution in [0.25, 0.3) is 0 Å². The lowest BCUT2D eigenvalue weighted by Gasteiger charge is -2.37. The van der Waals surface area contributed by atoms with Crippen LogP contribution in [0.2, 0.25) is 0 Å². The van der Waals surface area contributed by atoms with E-state index in [4.69, 9.17) is 9.84 Å². The number of thioether (sulfide) groups is 1. The predicted molar refractivity (Wildman–Crippen MR) is 69.4 cm³/mol. The number of hydrogen-bond donors (Lipinski definition) is 3. The fourth-order valence-electron chi connectivity index (χ4n) is 2.02. The van der Waals surface area contributed by atoms with Crippen LogP contribution < -0.4 is 0 Å². The maximum Gasteiger partial charge on any atom is 0.162 e. The number of fused-ring (bicyclic) bond motifs is 1. The highest BCUT2D eigenvalue weighted by molar-refractivity contribution is 8.14. The summed E-state index contributed by atoms with van der Waals surface area (Å²) in [5, 5.41) is 29.6. The zero-order valence-corrected chi connectivity index (χ0v) is 11.0. The molecule has 2 aliphatic rings. The van der Waals surface area contributed by atoms with E-state index in [1.807, 2.05) is 11.9 Å². The summed E-state index contributed by atoms with van der Waals surface area (Å²) in [6, 6.07) is -0.491. The number of hydrogen-bond acceptors (Lipinski definition) is 7. The smallest absolute Gasteiger partial charge is 0.162 e. The van der Waals surface area contributed by atoms with E-state index in [9.17, 15) is 10.2 Å². The van der Waals surface area contributed by atoms with Crippen molar-refractivity contribution in [2.45, 2.75) is 29.8 Å². The summed E-state index contributed by atoms with van der Waals surface area (Å²) in [6.45, 7) is 3.98. The molecular formula is C11H18N2O4S. The molecule has 2 heterocycles. The van der Waals surface area contributed by atoms with E-state index < -0.39 is 24.4 Å². The van der Waals surface area contributed by atoms with Crippen LogP contribution in [0, 0.1) is 0 Å². The molecule has 0 amide bonds. The van der Waals surface area contributed by atoms with Gasteiger partial charge in [-0.15, -0.1) is 6.58 Å². The van der Waals surface area contributed by atoms with E-state index in [1.165, 1.54) is 11.8 Å². The third-order valence-electron chi connectivity index (χ3n) is 3.06. The number of aliphatic hydroxyl groups excluding tert-OH is 3. The summed E-state index contributed by atoms with van der Waals surface area (Å²) >= 11 is 1.39. The molecule has 0 saturated carbocycles. The topological polar surface area (TPSA) is 85.5 Å². The lowest BCUT2D eigenvalue weighted by Crippen LogP contribution is -2.55. The van der Waals surface area contributed by atoms with E-state index in [-0.39, 0.29) is 12.0 Å². The van der Waals surface area contributed by atoms with Crippen molar-refractivity contribution in [1.82, 2.24) is 4.90 Å². The molecule has 1 fully saturated rings. The van der Waals surface area contributed by atoms with Crippen LogP contribution in [0.15, 0.2) is 17.6 Å². The molecule has 0 bridgehead atoms. The predicted octanol–water partition coefficient (Wildman–Crippen LogP) is -0.985. The molecule has 18 heavy (non-hydrogen) atoms. The second-order valence-electron chi connectivity index (χ2n) is 4.40. The molecule has 7 heteroatoms. The second-order valence-corrected chi connectivity index (χ2v) is 5.46. The van der Waals surface area contributed by atoms with Gasteiger partial charge in [-0.2, -0.15) is 0 Å². The Morgan fingerprint density at radius 3 is 2.83 bits per heavy atom. The molecule has 0 spiro atoms. The van der Waals surface area contributed by atoms with Gasteiger partial charge in [0.2, 0.25) is 0 Å².